The summed E-state index contributed by atoms with van der Waals surface area (Å²) in [7, 11) is 1.57. The lowest BCUT2D eigenvalue weighted by Crippen LogP contribution is -2.16. The molecule has 3 rings (SSSR count). The second kappa shape index (κ2) is 8.65. The van der Waals surface area contributed by atoms with E-state index in [0.29, 0.717) is 39.5 Å². The first-order chi connectivity index (χ1) is 13.0. The quantitative estimate of drug-likeness (QED) is 0.528. The molecule has 1 aromatic heterocycles. The summed E-state index contributed by atoms with van der Waals surface area (Å²) in [6, 6.07) is 11.2. The summed E-state index contributed by atoms with van der Waals surface area (Å²) in [4.78, 5) is 0. The van der Waals surface area contributed by atoms with E-state index in [1.54, 1.807) is 11.8 Å². The summed E-state index contributed by atoms with van der Waals surface area (Å²) >= 11 is 17.6. The second-order valence-corrected chi connectivity index (χ2v) is 7.00. The SMILES string of the molecule is COc1cc(CNn2c(C)n[nH]c2=S)cc(Cl)c1OCc1cccc(Cl)c1. The Hall–Kier alpha value is -2.22. The average molecular weight is 425 g/mol. The Kier molecular flexibility index (Phi) is 6.26. The minimum absolute atomic E-state index is 0.331. The molecule has 0 saturated heterocycles. The van der Waals surface area contributed by atoms with E-state index in [4.69, 9.17) is 44.9 Å². The van der Waals surface area contributed by atoms with Crippen molar-refractivity contribution in [2.45, 2.75) is 20.1 Å². The first kappa shape index (κ1) is 19.5. The molecule has 27 heavy (non-hydrogen) atoms. The third-order valence-electron chi connectivity index (χ3n) is 3.84. The Balaban J connectivity index is 1.75. The number of aryl methyl sites for hydroxylation is 1. The maximum Gasteiger partial charge on any atom is 0.214 e. The van der Waals surface area contributed by atoms with Gasteiger partial charge in [-0.3, -0.25) is 5.10 Å². The maximum atomic E-state index is 6.43. The van der Waals surface area contributed by atoms with Gasteiger partial charge < -0.3 is 14.9 Å². The van der Waals surface area contributed by atoms with Crippen LogP contribution in [0.5, 0.6) is 11.5 Å². The Morgan fingerprint density at radius 2 is 2.04 bits per heavy atom. The molecular weight excluding hydrogens is 407 g/mol. The fraction of sp³-hybridized carbons (Fsp3) is 0.222. The van der Waals surface area contributed by atoms with Crippen LogP contribution in [0.4, 0.5) is 0 Å². The van der Waals surface area contributed by atoms with Crippen LogP contribution in [0.25, 0.3) is 0 Å². The molecule has 0 aliphatic carbocycles. The Bertz CT molecular complexity index is 1000. The molecule has 0 unspecified atom stereocenters. The molecule has 0 spiro atoms. The van der Waals surface area contributed by atoms with E-state index in [1.165, 1.54) is 0 Å². The summed E-state index contributed by atoms with van der Waals surface area (Å²) in [6.07, 6.45) is 0. The summed E-state index contributed by atoms with van der Waals surface area (Å²) in [5.41, 5.74) is 5.04. The molecule has 0 aliphatic heterocycles. The van der Waals surface area contributed by atoms with Crippen molar-refractivity contribution in [1.29, 1.82) is 0 Å². The normalized spacial score (nSPS) is 10.7. The maximum absolute atomic E-state index is 6.43. The van der Waals surface area contributed by atoms with Crippen LogP contribution >= 0.6 is 35.4 Å². The van der Waals surface area contributed by atoms with Crippen LogP contribution in [-0.4, -0.2) is 22.0 Å². The summed E-state index contributed by atoms with van der Waals surface area (Å²) in [5.74, 6) is 1.77. The topological polar surface area (TPSA) is 64.1 Å². The van der Waals surface area contributed by atoms with E-state index in [2.05, 4.69) is 15.6 Å². The van der Waals surface area contributed by atoms with E-state index in [1.807, 2.05) is 43.3 Å². The van der Waals surface area contributed by atoms with Crippen molar-refractivity contribution in [3.63, 3.8) is 0 Å². The van der Waals surface area contributed by atoms with Gasteiger partial charge in [-0.15, -0.1) is 0 Å². The van der Waals surface area contributed by atoms with E-state index in [0.717, 1.165) is 17.0 Å². The molecule has 0 aliphatic rings. The number of ether oxygens (including phenoxy) is 2. The highest BCUT2D eigenvalue weighted by molar-refractivity contribution is 7.71. The van der Waals surface area contributed by atoms with E-state index in [9.17, 15) is 0 Å². The van der Waals surface area contributed by atoms with Crippen LogP contribution in [-0.2, 0) is 13.2 Å². The minimum atomic E-state index is 0.331. The van der Waals surface area contributed by atoms with Gasteiger partial charge in [-0.1, -0.05) is 35.3 Å². The highest BCUT2D eigenvalue weighted by atomic mass is 35.5. The highest BCUT2D eigenvalue weighted by Gasteiger charge is 2.13. The van der Waals surface area contributed by atoms with Crippen molar-refractivity contribution in [1.82, 2.24) is 14.9 Å². The van der Waals surface area contributed by atoms with Gasteiger partial charge in [0.25, 0.3) is 0 Å². The van der Waals surface area contributed by atoms with Crippen LogP contribution in [0.1, 0.15) is 17.0 Å². The molecule has 9 heteroatoms. The molecule has 0 atom stereocenters. The largest absolute Gasteiger partial charge is 0.493 e. The zero-order chi connectivity index (χ0) is 19.4. The van der Waals surface area contributed by atoms with Crippen LogP contribution < -0.4 is 14.9 Å². The van der Waals surface area contributed by atoms with Gasteiger partial charge >= 0.3 is 0 Å². The summed E-state index contributed by atoms with van der Waals surface area (Å²) < 4.78 is 13.5. The molecule has 0 fully saturated rings. The van der Waals surface area contributed by atoms with Gasteiger partial charge in [-0.05, 0) is 54.5 Å². The van der Waals surface area contributed by atoms with Crippen molar-refractivity contribution >= 4 is 35.4 Å². The predicted molar refractivity (Wildman–Crippen MR) is 109 cm³/mol. The van der Waals surface area contributed by atoms with Crippen molar-refractivity contribution < 1.29 is 9.47 Å². The van der Waals surface area contributed by atoms with Crippen molar-refractivity contribution in [2.75, 3.05) is 12.5 Å². The number of hydrogen-bond donors (Lipinski definition) is 2. The zero-order valence-electron chi connectivity index (χ0n) is 14.8. The predicted octanol–water partition coefficient (Wildman–Crippen LogP) is 4.89. The number of aromatic nitrogens is 3. The van der Waals surface area contributed by atoms with Crippen LogP contribution in [0.2, 0.25) is 10.0 Å². The summed E-state index contributed by atoms with van der Waals surface area (Å²) in [5, 5.41) is 7.90. The second-order valence-electron chi connectivity index (χ2n) is 5.77. The van der Waals surface area contributed by atoms with Crippen molar-refractivity contribution in [3.05, 3.63) is 68.2 Å². The first-order valence-electron chi connectivity index (χ1n) is 8.09. The number of rotatable bonds is 7. The molecule has 0 radical (unpaired) electrons. The fourth-order valence-electron chi connectivity index (χ4n) is 2.53. The highest BCUT2D eigenvalue weighted by Crippen LogP contribution is 2.37. The lowest BCUT2D eigenvalue weighted by Gasteiger charge is -2.15. The molecule has 3 aromatic rings. The van der Waals surface area contributed by atoms with Crippen LogP contribution in [0.15, 0.2) is 36.4 Å². The standard InChI is InChI=1S/C18H18Cl2N4O2S/c1-11-22-23-18(27)24(11)21-9-13-7-15(20)17(16(8-13)25-2)26-10-12-4-3-5-14(19)6-12/h3-8,21H,9-10H2,1-2H3,(H,23,27). The van der Waals surface area contributed by atoms with Gasteiger partial charge in [-0.2, -0.15) is 5.10 Å². The van der Waals surface area contributed by atoms with E-state index >= 15 is 0 Å². The molecular formula is C18H18Cl2N4O2S. The van der Waals surface area contributed by atoms with Gasteiger partial charge in [0.2, 0.25) is 4.77 Å². The molecule has 1 heterocycles. The zero-order valence-corrected chi connectivity index (χ0v) is 17.1. The third-order valence-corrected chi connectivity index (χ3v) is 4.63. The minimum Gasteiger partial charge on any atom is -0.493 e. The number of nitrogens with zero attached hydrogens (tertiary/aromatic N) is 2. The van der Waals surface area contributed by atoms with Crippen LogP contribution in [0.3, 0.4) is 0 Å². The lowest BCUT2D eigenvalue weighted by molar-refractivity contribution is 0.284. The number of H-pyrrole nitrogens is 1. The molecule has 0 bridgehead atoms. The number of benzene rings is 2. The third kappa shape index (κ3) is 4.74. The van der Waals surface area contributed by atoms with Gasteiger partial charge in [0.1, 0.15) is 12.4 Å². The number of methoxy groups -OCH3 is 1. The number of nitrogens with one attached hydrogen (secondary N) is 2. The first-order valence-corrected chi connectivity index (χ1v) is 9.26. The number of hydrogen-bond acceptors (Lipinski definition) is 5. The van der Waals surface area contributed by atoms with Crippen molar-refractivity contribution in [2.24, 2.45) is 0 Å². The molecule has 0 amide bonds. The molecule has 142 valence electrons. The van der Waals surface area contributed by atoms with E-state index in [-0.39, 0.29) is 0 Å². The van der Waals surface area contributed by atoms with E-state index < -0.39 is 0 Å². The average Bonchev–Trinajstić information content (AvgIpc) is 2.96. The summed E-state index contributed by atoms with van der Waals surface area (Å²) in [6.45, 7) is 2.66. The molecule has 6 nitrogen and oxygen atoms in total. The fourth-order valence-corrected chi connectivity index (χ4v) is 3.27. The number of aromatic amines is 1. The monoisotopic (exact) mass is 424 g/mol. The van der Waals surface area contributed by atoms with Gasteiger partial charge in [0, 0.05) is 5.02 Å². The van der Waals surface area contributed by atoms with Crippen molar-refractivity contribution in [3.8, 4) is 11.5 Å². The molecule has 2 aromatic carbocycles. The Morgan fingerprint density at radius 1 is 1.22 bits per heavy atom. The number of halogens is 2. The van der Waals surface area contributed by atoms with Gasteiger partial charge in [0.15, 0.2) is 11.5 Å². The van der Waals surface area contributed by atoms with Crippen LogP contribution in [0, 0.1) is 11.7 Å². The van der Waals surface area contributed by atoms with Gasteiger partial charge in [-0.25, -0.2) is 4.68 Å². The molecule has 0 saturated carbocycles. The van der Waals surface area contributed by atoms with Gasteiger partial charge in [0.05, 0.1) is 18.7 Å². The Labute approximate surface area is 172 Å². The molecule has 2 N–H and O–H groups in total. The lowest BCUT2D eigenvalue weighted by atomic mass is 10.2. The Morgan fingerprint density at radius 3 is 2.70 bits per heavy atom. The smallest absolute Gasteiger partial charge is 0.214 e.